The Morgan fingerprint density at radius 3 is 2.89 bits per heavy atom. The second-order valence-electron chi connectivity index (χ2n) is 6.09. The van der Waals surface area contributed by atoms with Crippen molar-refractivity contribution >= 4 is 16.9 Å². The summed E-state index contributed by atoms with van der Waals surface area (Å²) in [6.07, 6.45) is 1.20. The number of hydrogen-bond acceptors (Lipinski definition) is 3. The van der Waals surface area contributed by atoms with Gasteiger partial charge in [-0.2, -0.15) is 0 Å². The molecule has 1 aromatic heterocycles. The minimum atomic E-state index is 0.281. The quantitative estimate of drug-likeness (QED) is 0.900. The van der Waals surface area contributed by atoms with Crippen LogP contribution in [-0.4, -0.2) is 21.9 Å². The van der Waals surface area contributed by atoms with Crippen LogP contribution in [0, 0.1) is 12.3 Å². The molecule has 1 aliphatic rings. The molecule has 4 heteroatoms. The molecule has 19 heavy (non-hydrogen) atoms. The molecule has 2 rings (SSSR count). The van der Waals surface area contributed by atoms with Crippen molar-refractivity contribution in [2.24, 2.45) is 10.4 Å². The number of nitrogens with one attached hydrogen (secondary N) is 1. The summed E-state index contributed by atoms with van der Waals surface area (Å²) in [5, 5.41) is 4.63. The molecule has 1 N–H and O–H groups in total. The number of rotatable bonds is 2. The van der Waals surface area contributed by atoms with Crippen molar-refractivity contribution in [3.8, 4) is 0 Å². The van der Waals surface area contributed by atoms with Crippen molar-refractivity contribution in [2.45, 2.75) is 46.7 Å². The van der Waals surface area contributed by atoms with Crippen molar-refractivity contribution in [2.75, 3.05) is 5.75 Å². The standard InChI is InChI=1S/C15H23N3S/c1-11-6-5-7-12(17-11)10-16-14-18-13(8-9-19-14)15(2,3)4/h5-7,13H,8-10H2,1-4H3,(H,16,18). The first kappa shape index (κ1) is 14.4. The van der Waals surface area contributed by atoms with E-state index >= 15 is 0 Å². The second kappa shape index (κ2) is 5.95. The zero-order chi connectivity index (χ0) is 13.9. The number of nitrogens with zero attached hydrogens (tertiary/aromatic N) is 2. The highest BCUT2D eigenvalue weighted by molar-refractivity contribution is 8.13. The minimum absolute atomic E-state index is 0.281. The lowest BCUT2D eigenvalue weighted by molar-refractivity contribution is 0.290. The van der Waals surface area contributed by atoms with E-state index < -0.39 is 0 Å². The van der Waals surface area contributed by atoms with Crippen LogP contribution in [0.15, 0.2) is 23.2 Å². The molecule has 0 saturated carbocycles. The van der Waals surface area contributed by atoms with Gasteiger partial charge < -0.3 is 5.32 Å². The Hall–Kier alpha value is -1.03. The Labute approximate surface area is 120 Å². The minimum Gasteiger partial charge on any atom is -0.362 e. The first-order valence-electron chi connectivity index (χ1n) is 6.81. The van der Waals surface area contributed by atoms with Crippen LogP contribution in [-0.2, 0) is 6.54 Å². The van der Waals surface area contributed by atoms with Crippen molar-refractivity contribution in [3.63, 3.8) is 0 Å². The maximum Gasteiger partial charge on any atom is 0.157 e. The van der Waals surface area contributed by atoms with E-state index in [0.717, 1.165) is 22.3 Å². The van der Waals surface area contributed by atoms with Crippen LogP contribution in [0.25, 0.3) is 0 Å². The predicted molar refractivity (Wildman–Crippen MR) is 83.6 cm³/mol. The van der Waals surface area contributed by atoms with Crippen molar-refractivity contribution in [1.29, 1.82) is 0 Å². The number of aromatic nitrogens is 1. The highest BCUT2D eigenvalue weighted by atomic mass is 32.2. The fourth-order valence-electron chi connectivity index (χ4n) is 2.12. The van der Waals surface area contributed by atoms with E-state index in [2.05, 4.69) is 36.1 Å². The van der Waals surface area contributed by atoms with Gasteiger partial charge in [0.1, 0.15) is 0 Å². The molecular formula is C15H23N3S. The van der Waals surface area contributed by atoms with Gasteiger partial charge in [0, 0.05) is 17.5 Å². The van der Waals surface area contributed by atoms with Gasteiger partial charge in [-0.25, -0.2) is 0 Å². The average Bonchev–Trinajstić information content (AvgIpc) is 2.36. The first-order valence-corrected chi connectivity index (χ1v) is 7.80. The van der Waals surface area contributed by atoms with Crippen LogP contribution in [0.5, 0.6) is 0 Å². The molecule has 1 unspecified atom stereocenters. The molecular weight excluding hydrogens is 254 g/mol. The normalized spacial score (nSPS) is 22.3. The lowest BCUT2D eigenvalue weighted by Crippen LogP contribution is -2.46. The van der Waals surface area contributed by atoms with Gasteiger partial charge in [0.2, 0.25) is 0 Å². The smallest absolute Gasteiger partial charge is 0.157 e. The molecule has 0 bridgehead atoms. The van der Waals surface area contributed by atoms with Gasteiger partial charge in [0.15, 0.2) is 5.17 Å². The fraction of sp³-hybridized carbons (Fsp3) is 0.600. The molecule has 1 atom stereocenters. The Morgan fingerprint density at radius 1 is 1.42 bits per heavy atom. The maximum atomic E-state index is 4.66. The Balaban J connectivity index is 1.99. The van der Waals surface area contributed by atoms with E-state index in [4.69, 9.17) is 0 Å². The third-order valence-electron chi connectivity index (χ3n) is 3.32. The molecule has 1 saturated heterocycles. The Bertz CT molecular complexity index is 463. The SMILES string of the molecule is Cc1cccc(CN=C2NC(C(C)(C)C)CCS2)n1. The molecule has 1 aliphatic heterocycles. The van der Waals surface area contributed by atoms with Crippen molar-refractivity contribution in [3.05, 3.63) is 29.6 Å². The van der Waals surface area contributed by atoms with Crippen molar-refractivity contribution < 1.29 is 0 Å². The van der Waals surface area contributed by atoms with E-state index in [-0.39, 0.29) is 5.41 Å². The lowest BCUT2D eigenvalue weighted by atomic mass is 9.85. The molecule has 0 amide bonds. The number of aliphatic imine (C=N–C) groups is 1. The number of aryl methyl sites for hydroxylation is 1. The van der Waals surface area contributed by atoms with Crippen LogP contribution < -0.4 is 5.32 Å². The van der Waals surface area contributed by atoms with E-state index in [9.17, 15) is 0 Å². The van der Waals surface area contributed by atoms with E-state index in [1.807, 2.05) is 36.9 Å². The van der Waals surface area contributed by atoms with Gasteiger partial charge in [-0.05, 0) is 30.9 Å². The van der Waals surface area contributed by atoms with Gasteiger partial charge >= 0.3 is 0 Å². The Morgan fingerprint density at radius 2 is 2.21 bits per heavy atom. The zero-order valence-corrected chi connectivity index (χ0v) is 13.0. The highest BCUT2D eigenvalue weighted by Crippen LogP contribution is 2.27. The zero-order valence-electron chi connectivity index (χ0n) is 12.2. The van der Waals surface area contributed by atoms with Crippen LogP contribution in [0.4, 0.5) is 0 Å². The molecule has 0 aromatic carbocycles. The summed E-state index contributed by atoms with van der Waals surface area (Å²) in [6, 6.07) is 6.60. The molecule has 0 radical (unpaired) electrons. The third kappa shape index (κ3) is 4.23. The van der Waals surface area contributed by atoms with E-state index in [1.54, 1.807) is 0 Å². The molecule has 1 aromatic rings. The molecule has 2 heterocycles. The van der Waals surface area contributed by atoms with Crippen molar-refractivity contribution in [1.82, 2.24) is 10.3 Å². The summed E-state index contributed by atoms with van der Waals surface area (Å²) in [7, 11) is 0. The summed E-state index contributed by atoms with van der Waals surface area (Å²) in [5.74, 6) is 1.15. The first-order chi connectivity index (χ1) is 8.95. The molecule has 1 fully saturated rings. The van der Waals surface area contributed by atoms with Gasteiger partial charge in [-0.15, -0.1) is 0 Å². The second-order valence-corrected chi connectivity index (χ2v) is 7.18. The number of amidine groups is 1. The van der Waals surface area contributed by atoms with E-state index in [1.165, 1.54) is 6.42 Å². The van der Waals surface area contributed by atoms with Gasteiger partial charge in [-0.1, -0.05) is 38.6 Å². The summed E-state index contributed by atoms with van der Waals surface area (Å²) < 4.78 is 0. The third-order valence-corrected chi connectivity index (χ3v) is 4.28. The van der Waals surface area contributed by atoms with Gasteiger partial charge in [0.25, 0.3) is 0 Å². The summed E-state index contributed by atoms with van der Waals surface area (Å²) >= 11 is 1.82. The lowest BCUT2D eigenvalue weighted by Gasteiger charge is -2.35. The maximum absolute atomic E-state index is 4.66. The fourth-order valence-corrected chi connectivity index (χ4v) is 3.05. The predicted octanol–water partition coefficient (Wildman–Crippen LogP) is 3.39. The topological polar surface area (TPSA) is 37.3 Å². The van der Waals surface area contributed by atoms with Crippen LogP contribution >= 0.6 is 11.8 Å². The Kier molecular flexibility index (Phi) is 4.50. The number of pyridine rings is 1. The number of thioether (sulfide) groups is 1. The molecule has 104 valence electrons. The molecule has 0 spiro atoms. The van der Waals surface area contributed by atoms with E-state index in [0.29, 0.717) is 12.6 Å². The highest BCUT2D eigenvalue weighted by Gasteiger charge is 2.28. The van der Waals surface area contributed by atoms with Crippen LogP contribution in [0.3, 0.4) is 0 Å². The van der Waals surface area contributed by atoms with Crippen LogP contribution in [0.2, 0.25) is 0 Å². The monoisotopic (exact) mass is 277 g/mol. The largest absolute Gasteiger partial charge is 0.362 e. The number of hydrogen-bond donors (Lipinski definition) is 1. The van der Waals surface area contributed by atoms with Crippen LogP contribution in [0.1, 0.15) is 38.6 Å². The average molecular weight is 277 g/mol. The summed E-state index contributed by atoms with van der Waals surface area (Å²) in [4.78, 5) is 9.15. The summed E-state index contributed by atoms with van der Waals surface area (Å²) in [5.41, 5.74) is 2.37. The van der Waals surface area contributed by atoms with Gasteiger partial charge in [0.05, 0.1) is 12.2 Å². The molecule has 0 aliphatic carbocycles. The molecule has 3 nitrogen and oxygen atoms in total. The summed E-state index contributed by atoms with van der Waals surface area (Å²) in [6.45, 7) is 9.51. The van der Waals surface area contributed by atoms with Gasteiger partial charge in [-0.3, -0.25) is 9.98 Å².